The molecular weight excluding hydrogens is 667 g/mol. The zero-order valence-corrected chi connectivity index (χ0v) is 28.6. The number of nitrogens with two attached hydrogens (primary N) is 1. The van der Waals surface area contributed by atoms with Gasteiger partial charge in [0.1, 0.15) is 30.5 Å². The van der Waals surface area contributed by atoms with Crippen molar-refractivity contribution >= 4 is 42.0 Å². The van der Waals surface area contributed by atoms with E-state index in [0.29, 0.717) is 17.5 Å². The highest BCUT2D eigenvalue weighted by Crippen LogP contribution is 2.43. The fraction of sp³-hybridized carbons (Fsp3) is 0.353. The molecule has 0 spiro atoms. The standard InChI is InChI=1S/C34H37N6O9P/c1-5-45-30-26-29(37-33(35)38-30)40(18-36-26)32-34(4,43)28(41)25(48-32)17-46-24-16-15-22-13-9-10-14-23(22)27(24)49-50(44)39-19(2)31(42)47-20(3)21-11-7-6-8-12-21/h6-16,18-20,25,28,32,41,43H,5,17H2,1-4H3,(H2,35,37,38)/t19-,20-,25+,28+,32?,34+/m0/s1. The minimum Gasteiger partial charge on any atom is -0.575 e. The topological polar surface area (TPSA) is 209 Å². The molecule has 1 saturated heterocycles. The third kappa shape index (κ3) is 7.04. The number of hydrogen-bond donors (Lipinski definition) is 3. The van der Waals surface area contributed by atoms with Gasteiger partial charge in [-0.3, -0.25) is 9.09 Å². The number of rotatable bonds is 12. The van der Waals surface area contributed by atoms with Crippen molar-refractivity contribution in [3.63, 3.8) is 0 Å². The summed E-state index contributed by atoms with van der Waals surface area (Å²) in [5.74, 6) is -0.274. The fourth-order valence-corrected chi connectivity index (χ4v) is 6.42. The van der Waals surface area contributed by atoms with Gasteiger partial charge in [0.15, 0.2) is 29.2 Å². The molecule has 1 fully saturated rings. The predicted molar refractivity (Wildman–Crippen MR) is 181 cm³/mol. The molecule has 2 unspecified atom stereocenters. The number of carbonyl (C=O) groups excluding carboxylic acids is 1. The number of hydrogen-bond acceptors (Lipinski definition) is 14. The summed E-state index contributed by atoms with van der Waals surface area (Å²) in [6.07, 6.45) is -2.75. The number of aromatic nitrogens is 4. The SMILES string of the molecule is CCOc1nc(N)nc2c1ncn2C1O[C@H](COc2ccc3ccccc3c2O[P+]([O-])=N[C@@H](C)C(=O)O[C@@H](C)c2ccccc2)[C@@H](O)[C@@]1(C)O. The van der Waals surface area contributed by atoms with Crippen molar-refractivity contribution in [2.45, 2.75) is 63.9 Å². The smallest absolute Gasteiger partial charge is 0.395 e. The molecule has 0 bridgehead atoms. The maximum absolute atomic E-state index is 13.2. The van der Waals surface area contributed by atoms with Crippen molar-refractivity contribution < 1.29 is 43.4 Å². The number of fused-ring (bicyclic) bond motifs is 2. The van der Waals surface area contributed by atoms with Crippen molar-refractivity contribution in [1.29, 1.82) is 0 Å². The third-order valence-electron chi connectivity index (χ3n) is 8.28. The van der Waals surface area contributed by atoms with Crippen LogP contribution in [0.4, 0.5) is 5.95 Å². The van der Waals surface area contributed by atoms with Crippen LogP contribution in [0.1, 0.15) is 45.6 Å². The molecule has 2 aromatic heterocycles. The van der Waals surface area contributed by atoms with Gasteiger partial charge in [0.2, 0.25) is 17.6 Å². The van der Waals surface area contributed by atoms with Gasteiger partial charge in [0.05, 0.1) is 12.9 Å². The first kappa shape index (κ1) is 34.9. The summed E-state index contributed by atoms with van der Waals surface area (Å²) < 4.78 is 34.6. The number of aliphatic hydroxyl groups is 2. The number of ether oxygens (including phenoxy) is 4. The molecule has 1 aliphatic rings. The van der Waals surface area contributed by atoms with Crippen LogP contribution in [0.2, 0.25) is 0 Å². The Morgan fingerprint density at radius 1 is 1.12 bits per heavy atom. The molecule has 0 saturated carbocycles. The monoisotopic (exact) mass is 704 g/mol. The van der Waals surface area contributed by atoms with Gasteiger partial charge in [-0.25, -0.2) is 9.78 Å². The number of esters is 1. The molecule has 4 N–H and O–H groups in total. The number of nitrogens with zero attached hydrogens (tertiary/aromatic N) is 5. The predicted octanol–water partition coefficient (Wildman–Crippen LogP) is 3.98. The Labute approximate surface area is 288 Å². The van der Waals surface area contributed by atoms with Gasteiger partial charge in [-0.2, -0.15) is 9.97 Å². The van der Waals surface area contributed by atoms with Crippen molar-refractivity contribution in [2.75, 3.05) is 18.9 Å². The molecule has 0 amide bonds. The molecule has 1 aliphatic heterocycles. The van der Waals surface area contributed by atoms with Gasteiger partial charge in [-0.15, -0.1) is 0 Å². The summed E-state index contributed by atoms with van der Waals surface area (Å²) in [7, 11) is -2.77. The van der Waals surface area contributed by atoms with E-state index in [-0.39, 0.29) is 35.6 Å². The van der Waals surface area contributed by atoms with Crippen LogP contribution in [-0.2, 0) is 14.3 Å². The second-order valence-corrected chi connectivity index (χ2v) is 12.8. The van der Waals surface area contributed by atoms with Gasteiger partial charge in [-0.05, 0) is 44.7 Å². The van der Waals surface area contributed by atoms with E-state index in [2.05, 4.69) is 19.7 Å². The lowest BCUT2D eigenvalue weighted by Gasteiger charge is -2.27. The molecule has 262 valence electrons. The minimum absolute atomic E-state index is 0.0669. The summed E-state index contributed by atoms with van der Waals surface area (Å²) in [6, 6.07) is 18.8. The molecule has 6 rings (SSSR count). The van der Waals surface area contributed by atoms with E-state index in [1.165, 1.54) is 24.7 Å². The quantitative estimate of drug-likeness (QED) is 0.124. The molecule has 3 aromatic carbocycles. The van der Waals surface area contributed by atoms with Crippen LogP contribution in [-0.4, -0.2) is 72.8 Å². The molecule has 7 atom stereocenters. The first-order chi connectivity index (χ1) is 24.0. The zero-order valence-electron chi connectivity index (χ0n) is 27.7. The van der Waals surface area contributed by atoms with Crippen LogP contribution in [0, 0.1) is 0 Å². The molecular formula is C34H37N6O9P. The lowest BCUT2D eigenvalue weighted by molar-refractivity contribution is -0.170. The summed E-state index contributed by atoms with van der Waals surface area (Å²) in [5.41, 5.74) is 5.44. The van der Waals surface area contributed by atoms with Crippen molar-refractivity contribution in [2.24, 2.45) is 4.74 Å². The van der Waals surface area contributed by atoms with E-state index in [4.69, 9.17) is 29.2 Å². The third-order valence-corrected chi connectivity index (χ3v) is 9.16. The lowest BCUT2D eigenvalue weighted by Crippen LogP contribution is -2.44. The van der Waals surface area contributed by atoms with E-state index < -0.39 is 50.3 Å². The van der Waals surface area contributed by atoms with Crippen LogP contribution in [0.15, 0.2) is 77.8 Å². The van der Waals surface area contributed by atoms with Crippen LogP contribution in [0.3, 0.4) is 0 Å². The van der Waals surface area contributed by atoms with E-state index >= 15 is 0 Å². The maximum atomic E-state index is 13.2. The zero-order chi connectivity index (χ0) is 35.6. The van der Waals surface area contributed by atoms with Crippen LogP contribution >= 0.6 is 8.17 Å². The highest BCUT2D eigenvalue weighted by atomic mass is 31.1. The van der Waals surface area contributed by atoms with Crippen LogP contribution < -0.4 is 24.6 Å². The number of imidazole rings is 1. The molecule has 16 heteroatoms. The first-order valence-electron chi connectivity index (χ1n) is 15.9. The van der Waals surface area contributed by atoms with E-state index in [9.17, 15) is 19.9 Å². The Kier molecular flexibility index (Phi) is 10.1. The van der Waals surface area contributed by atoms with Gasteiger partial charge in [0.25, 0.3) is 0 Å². The van der Waals surface area contributed by atoms with E-state index in [1.54, 1.807) is 38.1 Å². The highest BCUT2D eigenvalue weighted by molar-refractivity contribution is 7.34. The Hall–Kier alpha value is -4.92. The van der Waals surface area contributed by atoms with Crippen molar-refractivity contribution in [3.8, 4) is 17.4 Å². The van der Waals surface area contributed by atoms with Gasteiger partial charge >= 0.3 is 14.1 Å². The molecule has 50 heavy (non-hydrogen) atoms. The Morgan fingerprint density at radius 3 is 2.62 bits per heavy atom. The second-order valence-electron chi connectivity index (χ2n) is 11.9. The van der Waals surface area contributed by atoms with Gasteiger partial charge in [0, 0.05) is 5.39 Å². The van der Waals surface area contributed by atoms with E-state index in [0.717, 1.165) is 10.9 Å². The summed E-state index contributed by atoms with van der Waals surface area (Å²) >= 11 is 0. The van der Waals surface area contributed by atoms with Crippen LogP contribution in [0.25, 0.3) is 21.9 Å². The second kappa shape index (κ2) is 14.5. The normalized spacial score (nSPS) is 22.0. The van der Waals surface area contributed by atoms with Gasteiger partial charge < -0.3 is 39.8 Å². The largest absolute Gasteiger partial charge is 0.575 e. The minimum atomic E-state index is -2.77. The Bertz CT molecular complexity index is 2030. The lowest BCUT2D eigenvalue weighted by atomic mass is 9.96. The molecule has 5 aromatic rings. The maximum Gasteiger partial charge on any atom is 0.395 e. The molecule has 15 nitrogen and oxygen atoms in total. The van der Waals surface area contributed by atoms with Gasteiger partial charge in [-0.1, -0.05) is 65.4 Å². The first-order valence-corrected chi connectivity index (χ1v) is 17.1. The summed E-state index contributed by atoms with van der Waals surface area (Å²) in [6.45, 7) is 6.49. The average molecular weight is 705 g/mol. The number of aliphatic hydroxyl groups excluding tert-OH is 1. The number of anilines is 1. The molecule has 0 radical (unpaired) electrons. The van der Waals surface area contributed by atoms with Crippen molar-refractivity contribution in [3.05, 3.63) is 78.6 Å². The average Bonchev–Trinajstić information content (AvgIpc) is 3.61. The molecule has 3 heterocycles. The fourth-order valence-electron chi connectivity index (χ4n) is 5.65. The Morgan fingerprint density at radius 2 is 1.86 bits per heavy atom. The summed E-state index contributed by atoms with van der Waals surface area (Å²) in [5, 5.41) is 24.0. The van der Waals surface area contributed by atoms with Crippen LogP contribution in [0.5, 0.6) is 17.4 Å². The molecule has 0 aliphatic carbocycles. The highest BCUT2D eigenvalue weighted by Gasteiger charge is 2.54. The summed E-state index contributed by atoms with van der Waals surface area (Å²) in [4.78, 5) is 38.7. The van der Waals surface area contributed by atoms with E-state index in [1.807, 2.05) is 42.5 Å². The number of nitrogen functional groups attached to an aromatic ring is 1. The van der Waals surface area contributed by atoms with Crippen molar-refractivity contribution in [1.82, 2.24) is 19.5 Å². The number of carbonyl (C=O) groups is 1. The number of benzene rings is 3. The Balaban J connectivity index is 1.20.